The van der Waals surface area contributed by atoms with E-state index in [-0.39, 0.29) is 28.8 Å². The Morgan fingerprint density at radius 2 is 1.30 bits per heavy atom. The van der Waals surface area contributed by atoms with Crippen LogP contribution in [0.15, 0.2) is 0 Å². The van der Waals surface area contributed by atoms with Gasteiger partial charge in [0.15, 0.2) is 0 Å². The average molecular weight is 418 g/mol. The number of aliphatic hydroxyl groups excluding tert-OH is 2. The van der Waals surface area contributed by atoms with Crippen LogP contribution in [-0.4, -0.2) is 73.2 Å². The summed E-state index contributed by atoms with van der Waals surface area (Å²) in [6.45, 7) is 17.2. The summed E-state index contributed by atoms with van der Waals surface area (Å²) in [5.41, 5.74) is 0.876. The summed E-state index contributed by atoms with van der Waals surface area (Å²) in [4.78, 5) is 0. The first kappa shape index (κ1) is 25.3. The first-order valence-corrected chi connectivity index (χ1v) is 14.0. The maximum absolute atomic E-state index is 10.2. The van der Waals surface area contributed by atoms with Gasteiger partial charge in [-0.2, -0.15) is 0 Å². The highest BCUT2D eigenvalue weighted by Gasteiger charge is 2.56. The van der Waals surface area contributed by atoms with Gasteiger partial charge in [-0.15, -0.1) is 0 Å². The molecule has 0 aromatic heterocycles. The Hall–Kier alpha value is 0.259. The van der Waals surface area contributed by atoms with Crippen molar-refractivity contribution in [2.75, 3.05) is 13.7 Å². The molecule has 1 heterocycles. The van der Waals surface area contributed by atoms with E-state index in [9.17, 15) is 10.2 Å². The fourth-order valence-corrected chi connectivity index (χ4v) is 15.1. The maximum atomic E-state index is 10.2. The van der Waals surface area contributed by atoms with E-state index in [1.807, 2.05) is 0 Å². The second-order valence-corrected chi connectivity index (χ2v) is 17.8. The van der Waals surface area contributed by atoms with E-state index in [1.165, 1.54) is 0 Å². The number of hydrogen-bond acceptors (Lipinski definition) is 6. The van der Waals surface area contributed by atoms with E-state index in [2.05, 4.69) is 55.4 Å². The van der Waals surface area contributed by atoms with E-state index >= 15 is 0 Å². The smallest absolute Gasteiger partial charge is 0.334 e. The van der Waals surface area contributed by atoms with E-state index < -0.39 is 41.4 Å². The van der Waals surface area contributed by atoms with Crippen LogP contribution in [-0.2, 0) is 17.7 Å². The molecule has 0 aromatic rings. The molecule has 27 heavy (non-hydrogen) atoms. The van der Waals surface area contributed by atoms with Gasteiger partial charge in [0, 0.05) is 13.1 Å². The lowest BCUT2D eigenvalue weighted by Gasteiger charge is -2.47. The summed E-state index contributed by atoms with van der Waals surface area (Å²) < 4.78 is 25.0. The fourth-order valence-electron chi connectivity index (χ4n) is 4.06. The standard InChI is InChI=1S/C18H39BO6Si2/c1-11(2)26(22-9,12(3)4)25-27(13(5)6,14(7)8)23-10-15-16(20)17(21)18(19)24-15/h11-18,20-21H,10H2,1-9H3/t15-,16?,17?,18-/m1/s1. The molecule has 1 aliphatic rings. The Kier molecular flexibility index (Phi) is 9.22. The molecule has 1 aliphatic heterocycles. The molecule has 1 fully saturated rings. The van der Waals surface area contributed by atoms with Crippen LogP contribution in [0.25, 0.3) is 0 Å². The zero-order chi connectivity index (χ0) is 21.2. The summed E-state index contributed by atoms with van der Waals surface area (Å²) in [7, 11) is 2.14. The lowest BCUT2D eigenvalue weighted by molar-refractivity contribution is -0.0116. The maximum Gasteiger partial charge on any atom is 0.334 e. The Bertz CT molecular complexity index is 447. The predicted molar refractivity (Wildman–Crippen MR) is 112 cm³/mol. The molecule has 0 saturated carbocycles. The molecule has 2 N–H and O–H groups in total. The largest absolute Gasteiger partial charge is 0.414 e. The molecule has 0 aromatic carbocycles. The minimum Gasteiger partial charge on any atom is -0.414 e. The van der Waals surface area contributed by atoms with Crippen LogP contribution in [0.2, 0.25) is 22.2 Å². The Morgan fingerprint density at radius 1 is 0.852 bits per heavy atom. The van der Waals surface area contributed by atoms with Gasteiger partial charge in [0.2, 0.25) is 0 Å². The van der Waals surface area contributed by atoms with Crippen LogP contribution in [0.5, 0.6) is 0 Å². The fraction of sp³-hybridized carbons (Fsp3) is 1.00. The molecule has 0 amide bonds. The third-order valence-corrected chi connectivity index (χ3v) is 16.0. The molecule has 2 radical (unpaired) electrons. The van der Waals surface area contributed by atoms with Gasteiger partial charge in [0.1, 0.15) is 20.1 Å². The van der Waals surface area contributed by atoms with Crippen LogP contribution in [0.1, 0.15) is 55.4 Å². The van der Waals surface area contributed by atoms with Crippen LogP contribution < -0.4 is 0 Å². The van der Waals surface area contributed by atoms with E-state index in [0.717, 1.165) is 0 Å². The second-order valence-electron chi connectivity index (χ2n) is 8.80. The highest BCUT2D eigenvalue weighted by molar-refractivity contribution is 6.83. The van der Waals surface area contributed by atoms with Gasteiger partial charge in [-0.1, -0.05) is 55.4 Å². The van der Waals surface area contributed by atoms with Gasteiger partial charge >= 0.3 is 17.1 Å². The lowest BCUT2D eigenvalue weighted by Crippen LogP contribution is -2.61. The number of rotatable bonds is 10. The van der Waals surface area contributed by atoms with Crippen LogP contribution in [0.4, 0.5) is 0 Å². The van der Waals surface area contributed by atoms with Crippen LogP contribution in [0.3, 0.4) is 0 Å². The third-order valence-electron chi connectivity index (χ3n) is 5.73. The minimum absolute atomic E-state index is 0.138. The highest BCUT2D eigenvalue weighted by Crippen LogP contribution is 2.44. The second kappa shape index (κ2) is 9.84. The highest BCUT2D eigenvalue weighted by atomic mass is 28.5. The summed E-state index contributed by atoms with van der Waals surface area (Å²) in [6, 6.07) is -0.901. The lowest BCUT2D eigenvalue weighted by atomic mass is 9.93. The number of aliphatic hydroxyl groups is 2. The Balaban J connectivity index is 3.15. The normalized spacial score (nSPS) is 27.5. The molecule has 6 nitrogen and oxygen atoms in total. The molecule has 1 saturated heterocycles. The minimum atomic E-state index is -2.75. The van der Waals surface area contributed by atoms with Crippen LogP contribution in [0, 0.1) is 0 Å². The van der Waals surface area contributed by atoms with Crippen molar-refractivity contribution in [3.8, 4) is 0 Å². The Labute approximate surface area is 168 Å². The molecule has 158 valence electrons. The first-order valence-electron chi connectivity index (χ1n) is 10.0. The summed E-state index contributed by atoms with van der Waals surface area (Å²) in [5, 5.41) is 20.0. The van der Waals surface area contributed by atoms with Gasteiger partial charge in [-0.05, 0) is 22.2 Å². The quantitative estimate of drug-likeness (QED) is 0.532. The van der Waals surface area contributed by atoms with Crippen molar-refractivity contribution in [1.29, 1.82) is 0 Å². The summed E-state index contributed by atoms with van der Waals surface area (Å²) in [6.07, 6.45) is -2.84. The predicted octanol–water partition coefficient (Wildman–Crippen LogP) is 2.81. The van der Waals surface area contributed by atoms with E-state index in [1.54, 1.807) is 7.11 Å². The Morgan fingerprint density at radius 3 is 1.59 bits per heavy atom. The van der Waals surface area contributed by atoms with Gasteiger partial charge in [0.25, 0.3) is 0 Å². The van der Waals surface area contributed by atoms with Gasteiger partial charge in [0.05, 0.1) is 12.7 Å². The zero-order valence-electron chi connectivity index (χ0n) is 18.4. The topological polar surface area (TPSA) is 77.4 Å². The molecule has 9 heteroatoms. The molecule has 0 spiro atoms. The monoisotopic (exact) mass is 418 g/mol. The molecular weight excluding hydrogens is 379 g/mol. The summed E-state index contributed by atoms with van der Waals surface area (Å²) in [5.74, 6) is 0. The molecule has 4 atom stereocenters. The van der Waals surface area contributed by atoms with Crippen molar-refractivity contribution in [3.63, 3.8) is 0 Å². The van der Waals surface area contributed by atoms with Gasteiger partial charge < -0.3 is 27.9 Å². The molecule has 0 aliphatic carbocycles. The molecule has 0 bridgehead atoms. The van der Waals surface area contributed by atoms with Crippen molar-refractivity contribution in [1.82, 2.24) is 0 Å². The van der Waals surface area contributed by atoms with Crippen molar-refractivity contribution in [2.24, 2.45) is 0 Å². The zero-order valence-corrected chi connectivity index (χ0v) is 20.4. The third kappa shape index (κ3) is 5.06. The number of hydrogen-bond donors (Lipinski definition) is 2. The number of ether oxygens (including phenoxy) is 1. The van der Waals surface area contributed by atoms with Gasteiger partial charge in [-0.25, -0.2) is 0 Å². The molecule has 2 unspecified atom stereocenters. The average Bonchev–Trinajstić information content (AvgIpc) is 2.81. The van der Waals surface area contributed by atoms with Gasteiger partial charge in [-0.3, -0.25) is 0 Å². The summed E-state index contributed by atoms with van der Waals surface area (Å²) >= 11 is 0. The first-order chi connectivity index (χ1) is 12.4. The van der Waals surface area contributed by atoms with E-state index in [4.69, 9.17) is 25.6 Å². The van der Waals surface area contributed by atoms with Crippen molar-refractivity contribution in [2.45, 2.75) is 102 Å². The van der Waals surface area contributed by atoms with E-state index in [0.29, 0.717) is 0 Å². The molecule has 1 rings (SSSR count). The molecular formula is C18H39BO6Si2. The SMILES string of the molecule is [B][C@@H]1O[C@H](CO[Si](O[Si](OC)(C(C)C)C(C)C)(C(C)C)C(C)C)C(O)C1O. The van der Waals surface area contributed by atoms with Crippen LogP contribution >= 0.6 is 0 Å². The van der Waals surface area contributed by atoms with Crippen molar-refractivity contribution >= 4 is 25.0 Å². The van der Waals surface area contributed by atoms with Crippen molar-refractivity contribution in [3.05, 3.63) is 0 Å². The van der Waals surface area contributed by atoms with Crippen molar-refractivity contribution < 1.29 is 27.9 Å².